The summed E-state index contributed by atoms with van der Waals surface area (Å²) >= 11 is 0. The molecule has 1 heterocycles. The molecule has 0 aliphatic heterocycles. The molecule has 0 aliphatic rings. The van der Waals surface area contributed by atoms with Crippen LogP contribution in [0.15, 0.2) is 42.5 Å². The predicted octanol–water partition coefficient (Wildman–Crippen LogP) is 4.77. The fourth-order valence-electron chi connectivity index (χ4n) is 3.50. The van der Waals surface area contributed by atoms with Gasteiger partial charge in [-0.1, -0.05) is 35.4 Å². The highest BCUT2D eigenvalue weighted by Gasteiger charge is 2.23. The van der Waals surface area contributed by atoms with Gasteiger partial charge in [0, 0.05) is 30.2 Å². The Balaban J connectivity index is 2.16. The molecule has 0 bridgehead atoms. The summed E-state index contributed by atoms with van der Waals surface area (Å²) in [7, 11) is 2.05. The minimum atomic E-state index is 0.0590. The highest BCUT2D eigenvalue weighted by atomic mass is 16.2. The number of hydrogen-bond acceptors (Lipinski definition) is 1. The van der Waals surface area contributed by atoms with Crippen molar-refractivity contribution in [2.45, 2.75) is 27.7 Å². The number of anilines is 1. The Morgan fingerprint density at radius 1 is 1.04 bits per heavy atom. The first-order chi connectivity index (χ1) is 11.4. The first-order valence-corrected chi connectivity index (χ1v) is 8.38. The number of nitrogens with zero attached hydrogens (tertiary/aromatic N) is 2. The Morgan fingerprint density at radius 3 is 2.29 bits per heavy atom. The number of rotatable bonds is 3. The van der Waals surface area contributed by atoms with Crippen LogP contribution >= 0.6 is 0 Å². The number of para-hydroxylation sites is 1. The van der Waals surface area contributed by atoms with Crippen LogP contribution in [0.25, 0.3) is 10.9 Å². The molecule has 0 saturated heterocycles. The molecule has 0 aliphatic carbocycles. The number of hydrogen-bond donors (Lipinski definition) is 0. The van der Waals surface area contributed by atoms with Crippen LogP contribution in [0.4, 0.5) is 5.69 Å². The van der Waals surface area contributed by atoms with E-state index >= 15 is 0 Å². The number of aromatic nitrogens is 1. The van der Waals surface area contributed by atoms with Crippen molar-refractivity contribution in [3.05, 3.63) is 64.8 Å². The maximum Gasteiger partial charge on any atom is 0.258 e. The lowest BCUT2D eigenvalue weighted by atomic mass is 10.1. The summed E-state index contributed by atoms with van der Waals surface area (Å²) in [6.45, 7) is 8.81. The maximum atomic E-state index is 13.2. The Kier molecular flexibility index (Phi) is 4.18. The molecule has 2 aromatic carbocycles. The smallest absolute Gasteiger partial charge is 0.258 e. The van der Waals surface area contributed by atoms with Crippen LogP contribution in [0.5, 0.6) is 0 Å². The molecule has 0 N–H and O–H groups in total. The highest BCUT2D eigenvalue weighted by molar-refractivity contribution is 6.11. The largest absolute Gasteiger partial charge is 0.346 e. The summed E-state index contributed by atoms with van der Waals surface area (Å²) in [6, 6.07) is 14.3. The van der Waals surface area contributed by atoms with Crippen LogP contribution in [-0.2, 0) is 7.05 Å². The van der Waals surface area contributed by atoms with Crippen LogP contribution < -0.4 is 4.90 Å². The number of amides is 1. The highest BCUT2D eigenvalue weighted by Crippen LogP contribution is 2.33. The van der Waals surface area contributed by atoms with E-state index in [2.05, 4.69) is 36.7 Å². The van der Waals surface area contributed by atoms with E-state index < -0.39 is 0 Å². The Labute approximate surface area is 143 Å². The van der Waals surface area contributed by atoms with Crippen LogP contribution in [0.3, 0.4) is 0 Å². The van der Waals surface area contributed by atoms with Crippen molar-refractivity contribution in [1.29, 1.82) is 0 Å². The SMILES string of the molecule is CCN(C(=O)c1cc(C)cc(C)c1)c1c(C)n(C)c2ccccc12. The second kappa shape index (κ2) is 6.16. The maximum absolute atomic E-state index is 13.2. The summed E-state index contributed by atoms with van der Waals surface area (Å²) in [5, 5.41) is 1.12. The minimum Gasteiger partial charge on any atom is -0.346 e. The topological polar surface area (TPSA) is 25.2 Å². The molecule has 3 nitrogen and oxygen atoms in total. The van der Waals surface area contributed by atoms with Crippen molar-refractivity contribution in [3.63, 3.8) is 0 Å². The number of carbonyl (C=O) groups excluding carboxylic acids is 1. The fourth-order valence-corrected chi connectivity index (χ4v) is 3.50. The Hall–Kier alpha value is -2.55. The molecule has 0 atom stereocenters. The quantitative estimate of drug-likeness (QED) is 0.682. The third kappa shape index (κ3) is 2.60. The number of carbonyl (C=O) groups is 1. The third-order valence-electron chi connectivity index (χ3n) is 4.67. The zero-order valence-electron chi connectivity index (χ0n) is 15.1. The van der Waals surface area contributed by atoms with Crippen molar-refractivity contribution in [2.24, 2.45) is 7.05 Å². The monoisotopic (exact) mass is 320 g/mol. The molecule has 1 amide bonds. The normalized spacial score (nSPS) is 11.0. The summed E-state index contributed by atoms with van der Waals surface area (Å²) in [5.41, 5.74) is 6.25. The summed E-state index contributed by atoms with van der Waals surface area (Å²) in [4.78, 5) is 15.1. The van der Waals surface area contributed by atoms with E-state index in [0.29, 0.717) is 6.54 Å². The average molecular weight is 320 g/mol. The molecule has 0 fully saturated rings. The van der Waals surface area contributed by atoms with Gasteiger partial charge in [0.05, 0.1) is 11.2 Å². The molecule has 24 heavy (non-hydrogen) atoms. The molecule has 0 spiro atoms. The van der Waals surface area contributed by atoms with E-state index in [1.807, 2.05) is 49.9 Å². The van der Waals surface area contributed by atoms with Crippen LogP contribution in [-0.4, -0.2) is 17.0 Å². The van der Waals surface area contributed by atoms with Gasteiger partial charge in [0.2, 0.25) is 0 Å². The van der Waals surface area contributed by atoms with Gasteiger partial charge in [-0.3, -0.25) is 4.79 Å². The molecule has 3 aromatic rings. The molecule has 124 valence electrons. The van der Waals surface area contributed by atoms with Gasteiger partial charge >= 0.3 is 0 Å². The van der Waals surface area contributed by atoms with Gasteiger partial charge in [0.25, 0.3) is 5.91 Å². The van der Waals surface area contributed by atoms with Gasteiger partial charge in [-0.25, -0.2) is 0 Å². The molecule has 0 saturated carbocycles. The molecular formula is C21H24N2O. The molecule has 3 heteroatoms. The third-order valence-corrected chi connectivity index (χ3v) is 4.67. The van der Waals surface area contributed by atoms with Gasteiger partial charge in [-0.05, 0) is 45.9 Å². The number of benzene rings is 2. The first-order valence-electron chi connectivity index (χ1n) is 8.38. The fraction of sp³-hybridized carbons (Fsp3) is 0.286. The van der Waals surface area contributed by atoms with E-state index in [1.54, 1.807) is 0 Å². The van der Waals surface area contributed by atoms with Crippen LogP contribution in [0, 0.1) is 20.8 Å². The summed E-state index contributed by atoms with van der Waals surface area (Å²) in [5.74, 6) is 0.0590. The van der Waals surface area contributed by atoms with Crippen molar-refractivity contribution < 1.29 is 4.79 Å². The van der Waals surface area contributed by atoms with Crippen molar-refractivity contribution >= 4 is 22.5 Å². The van der Waals surface area contributed by atoms with Crippen molar-refractivity contribution in [3.8, 4) is 0 Å². The van der Waals surface area contributed by atoms with Crippen molar-refractivity contribution in [2.75, 3.05) is 11.4 Å². The molecule has 0 unspecified atom stereocenters. The standard InChI is InChI=1S/C21H24N2O/c1-6-23(21(24)17-12-14(2)11-15(3)13-17)20-16(4)22(5)19-10-8-7-9-18(19)20/h7-13H,6H2,1-5H3. The number of aryl methyl sites for hydroxylation is 3. The first kappa shape index (κ1) is 16.3. The molecule has 3 rings (SSSR count). The van der Waals surface area contributed by atoms with E-state index in [1.165, 1.54) is 0 Å². The van der Waals surface area contributed by atoms with E-state index in [0.717, 1.165) is 39.0 Å². The molecular weight excluding hydrogens is 296 g/mol. The Morgan fingerprint density at radius 2 is 1.67 bits per heavy atom. The van der Waals surface area contributed by atoms with Gasteiger partial charge < -0.3 is 9.47 Å². The minimum absolute atomic E-state index is 0.0590. The zero-order chi connectivity index (χ0) is 17.4. The number of fused-ring (bicyclic) bond motifs is 1. The van der Waals surface area contributed by atoms with Gasteiger partial charge in [0.1, 0.15) is 0 Å². The van der Waals surface area contributed by atoms with Gasteiger partial charge in [-0.2, -0.15) is 0 Å². The van der Waals surface area contributed by atoms with Gasteiger partial charge in [-0.15, -0.1) is 0 Å². The summed E-state index contributed by atoms with van der Waals surface area (Å²) < 4.78 is 2.15. The second-order valence-corrected chi connectivity index (χ2v) is 6.44. The van der Waals surface area contributed by atoms with E-state index in [4.69, 9.17) is 0 Å². The molecule has 0 radical (unpaired) electrons. The van der Waals surface area contributed by atoms with Crippen molar-refractivity contribution in [1.82, 2.24) is 4.57 Å². The lowest BCUT2D eigenvalue weighted by molar-refractivity contribution is 0.0988. The summed E-state index contributed by atoms with van der Waals surface area (Å²) in [6.07, 6.45) is 0. The van der Waals surface area contributed by atoms with Crippen LogP contribution in [0.1, 0.15) is 34.1 Å². The molecule has 1 aromatic heterocycles. The lowest BCUT2D eigenvalue weighted by Gasteiger charge is -2.22. The predicted molar refractivity (Wildman–Crippen MR) is 101 cm³/mol. The lowest BCUT2D eigenvalue weighted by Crippen LogP contribution is -2.31. The second-order valence-electron chi connectivity index (χ2n) is 6.44. The Bertz CT molecular complexity index is 901. The average Bonchev–Trinajstić information content (AvgIpc) is 2.80. The van der Waals surface area contributed by atoms with Gasteiger partial charge in [0.15, 0.2) is 0 Å². The van der Waals surface area contributed by atoms with Crippen LogP contribution in [0.2, 0.25) is 0 Å². The van der Waals surface area contributed by atoms with E-state index in [-0.39, 0.29) is 5.91 Å². The van der Waals surface area contributed by atoms with E-state index in [9.17, 15) is 4.79 Å². The zero-order valence-corrected chi connectivity index (χ0v) is 15.1.